The summed E-state index contributed by atoms with van der Waals surface area (Å²) in [5.74, 6) is 0.173. The van der Waals surface area contributed by atoms with Crippen molar-refractivity contribution < 1.29 is 13.2 Å². The van der Waals surface area contributed by atoms with Crippen LogP contribution in [0.2, 0.25) is 0 Å². The van der Waals surface area contributed by atoms with Gasteiger partial charge >= 0.3 is 5.69 Å². The summed E-state index contributed by atoms with van der Waals surface area (Å²) in [4.78, 5) is 35.1. The minimum atomic E-state index is -3.47. The number of nitrogen functional groups attached to an aromatic ring is 1. The predicted molar refractivity (Wildman–Crippen MR) is 148 cm³/mol. The highest BCUT2D eigenvalue weighted by molar-refractivity contribution is 7.92. The molecule has 2 atom stereocenters. The highest BCUT2D eigenvalue weighted by Gasteiger charge is 2.45. The van der Waals surface area contributed by atoms with Crippen molar-refractivity contribution in [2.75, 3.05) is 24.1 Å². The molecule has 1 aliphatic heterocycles. The molecule has 6 rings (SSSR count). The van der Waals surface area contributed by atoms with Crippen LogP contribution in [0.5, 0.6) is 0 Å². The number of sulfonamides is 1. The van der Waals surface area contributed by atoms with Crippen molar-refractivity contribution in [1.82, 2.24) is 23.4 Å². The monoisotopic (exact) mass is 545 g/mol. The van der Waals surface area contributed by atoms with Crippen LogP contribution in [-0.2, 0) is 10.0 Å². The third-order valence-corrected chi connectivity index (χ3v) is 9.17. The van der Waals surface area contributed by atoms with E-state index in [1.807, 2.05) is 18.2 Å². The molecule has 2 aromatic heterocycles. The number of carbonyl (C=O) groups excluding carboxylic acids is 1. The van der Waals surface area contributed by atoms with Gasteiger partial charge in [-0.2, -0.15) is 4.31 Å². The molecule has 1 saturated carbocycles. The van der Waals surface area contributed by atoms with Gasteiger partial charge in [0.15, 0.2) is 11.5 Å². The van der Waals surface area contributed by atoms with Crippen molar-refractivity contribution >= 4 is 38.6 Å². The lowest BCUT2D eigenvalue weighted by atomic mass is 10.0. The maximum atomic E-state index is 13.9. The van der Waals surface area contributed by atoms with Crippen LogP contribution in [0.3, 0.4) is 0 Å². The first kappa shape index (κ1) is 25.0. The van der Waals surface area contributed by atoms with E-state index in [0.29, 0.717) is 54.0 Å². The number of carbonyl (C=O) groups is 1. The second-order valence-corrected chi connectivity index (χ2v) is 11.8. The SMILES string of the molecule is C=CS(=O)(=O)N1CC2CC(n3c(=O)n(-c4ccc(C(=O)Nc5ccccc5)cc4)c4c(N)ncnc43)CC2C1. The van der Waals surface area contributed by atoms with Crippen molar-refractivity contribution in [2.45, 2.75) is 18.9 Å². The van der Waals surface area contributed by atoms with E-state index in [1.54, 1.807) is 41.0 Å². The number of aromatic nitrogens is 4. The molecule has 1 saturated heterocycles. The van der Waals surface area contributed by atoms with Crippen molar-refractivity contribution in [3.8, 4) is 5.69 Å². The number of nitrogens with one attached hydrogen (secondary N) is 1. The molecule has 39 heavy (non-hydrogen) atoms. The van der Waals surface area contributed by atoms with Crippen molar-refractivity contribution in [1.29, 1.82) is 0 Å². The van der Waals surface area contributed by atoms with E-state index in [1.165, 1.54) is 15.2 Å². The first-order chi connectivity index (χ1) is 18.8. The number of hydrogen-bond donors (Lipinski definition) is 2. The zero-order valence-electron chi connectivity index (χ0n) is 21.0. The summed E-state index contributed by atoms with van der Waals surface area (Å²) in [7, 11) is -3.47. The fourth-order valence-corrected chi connectivity index (χ4v) is 6.88. The Morgan fingerprint density at radius 1 is 1.03 bits per heavy atom. The normalized spacial score (nSPS) is 21.2. The van der Waals surface area contributed by atoms with Gasteiger partial charge in [0.2, 0.25) is 10.0 Å². The number of benzene rings is 2. The molecule has 1 amide bonds. The van der Waals surface area contributed by atoms with Crippen molar-refractivity contribution in [2.24, 2.45) is 11.8 Å². The summed E-state index contributed by atoms with van der Waals surface area (Å²) < 4.78 is 29.1. The number of anilines is 2. The molecule has 11 nitrogen and oxygen atoms in total. The van der Waals surface area contributed by atoms with E-state index >= 15 is 0 Å². The number of hydrogen-bond acceptors (Lipinski definition) is 7. The molecule has 0 radical (unpaired) electrons. The minimum Gasteiger partial charge on any atom is -0.382 e. The summed E-state index contributed by atoms with van der Waals surface area (Å²) in [5.41, 5.74) is 8.41. The molecule has 1 aliphatic carbocycles. The first-order valence-electron chi connectivity index (χ1n) is 12.6. The third-order valence-electron chi connectivity index (χ3n) is 7.73. The van der Waals surface area contributed by atoms with Crippen molar-refractivity contribution in [3.63, 3.8) is 0 Å². The maximum Gasteiger partial charge on any atom is 0.335 e. The number of nitrogens with two attached hydrogens (primary N) is 1. The van der Waals surface area contributed by atoms with E-state index < -0.39 is 10.0 Å². The molecule has 2 aliphatic rings. The summed E-state index contributed by atoms with van der Waals surface area (Å²) in [6, 6.07) is 15.7. The zero-order valence-corrected chi connectivity index (χ0v) is 21.8. The number of amides is 1. The van der Waals surface area contributed by atoms with Gasteiger partial charge in [-0.15, -0.1) is 0 Å². The van der Waals surface area contributed by atoms with Crippen LogP contribution in [0.15, 0.2) is 77.7 Å². The van der Waals surface area contributed by atoms with Gasteiger partial charge in [0.25, 0.3) is 5.91 Å². The minimum absolute atomic E-state index is 0.136. The Hall–Kier alpha value is -4.29. The standard InChI is InChI=1S/C27H27N7O4S/c1-2-39(37,38)32-14-18-12-22(13-19(18)15-32)34-25-23(24(28)29-16-30-25)33(27(34)36)21-10-8-17(9-11-21)26(35)31-20-6-4-3-5-7-20/h2-11,16,18-19,22H,1,12-15H2,(H,31,35)(H2,28,29,30). The Kier molecular flexibility index (Phi) is 6.07. The van der Waals surface area contributed by atoms with Gasteiger partial charge in [0.05, 0.1) is 5.69 Å². The molecule has 12 heteroatoms. The quantitative estimate of drug-likeness (QED) is 0.379. The smallest absolute Gasteiger partial charge is 0.335 e. The molecule has 3 heterocycles. The van der Waals surface area contributed by atoms with Crippen LogP contribution < -0.4 is 16.7 Å². The van der Waals surface area contributed by atoms with Gasteiger partial charge < -0.3 is 11.1 Å². The molecular formula is C27H27N7O4S. The lowest BCUT2D eigenvalue weighted by molar-refractivity contribution is 0.102. The van der Waals surface area contributed by atoms with Gasteiger partial charge in [0.1, 0.15) is 11.8 Å². The lowest BCUT2D eigenvalue weighted by Crippen LogP contribution is -2.30. The number of para-hydroxylation sites is 1. The van der Waals surface area contributed by atoms with Gasteiger partial charge in [-0.25, -0.2) is 23.2 Å². The topological polar surface area (TPSA) is 145 Å². The van der Waals surface area contributed by atoms with Crippen LogP contribution in [0, 0.1) is 11.8 Å². The average molecular weight is 546 g/mol. The van der Waals surface area contributed by atoms with Crippen LogP contribution >= 0.6 is 0 Å². The first-order valence-corrected chi connectivity index (χ1v) is 14.1. The molecule has 4 aromatic rings. The largest absolute Gasteiger partial charge is 0.382 e. The van der Waals surface area contributed by atoms with Crippen LogP contribution in [0.1, 0.15) is 29.2 Å². The summed E-state index contributed by atoms with van der Waals surface area (Å²) >= 11 is 0. The van der Waals surface area contributed by atoms with E-state index in [9.17, 15) is 18.0 Å². The Morgan fingerprint density at radius 3 is 2.33 bits per heavy atom. The molecule has 3 N–H and O–H groups in total. The molecule has 200 valence electrons. The molecule has 0 bridgehead atoms. The van der Waals surface area contributed by atoms with Crippen molar-refractivity contribution in [3.05, 3.63) is 89.0 Å². The highest BCUT2D eigenvalue weighted by Crippen LogP contribution is 2.45. The van der Waals surface area contributed by atoms with E-state index in [4.69, 9.17) is 5.73 Å². The molecular weight excluding hydrogens is 518 g/mol. The third kappa shape index (κ3) is 4.31. The van der Waals surface area contributed by atoms with Gasteiger partial charge in [-0.1, -0.05) is 24.8 Å². The predicted octanol–water partition coefficient (Wildman–Crippen LogP) is 2.77. The Labute approximate surface area is 224 Å². The lowest BCUT2D eigenvalue weighted by Gasteiger charge is -2.17. The summed E-state index contributed by atoms with van der Waals surface area (Å²) in [5, 5.41) is 3.83. The van der Waals surface area contributed by atoms with Crippen LogP contribution in [0.25, 0.3) is 16.9 Å². The molecule has 0 spiro atoms. The maximum absolute atomic E-state index is 13.9. The number of rotatable bonds is 6. The fourth-order valence-electron chi connectivity index (χ4n) is 5.87. The second-order valence-electron chi connectivity index (χ2n) is 9.96. The van der Waals surface area contributed by atoms with E-state index in [-0.39, 0.29) is 35.3 Å². The number of imidazole rings is 1. The van der Waals surface area contributed by atoms with E-state index in [0.717, 1.165) is 5.41 Å². The second kappa shape index (κ2) is 9.47. The number of nitrogens with zero attached hydrogens (tertiary/aromatic N) is 5. The fraction of sp³-hybridized carbons (Fsp3) is 0.259. The van der Waals surface area contributed by atoms with Crippen LogP contribution in [-0.4, -0.2) is 50.8 Å². The Morgan fingerprint density at radius 2 is 1.69 bits per heavy atom. The zero-order chi connectivity index (χ0) is 27.3. The highest BCUT2D eigenvalue weighted by atomic mass is 32.2. The Bertz CT molecular complexity index is 1730. The summed E-state index contributed by atoms with van der Waals surface area (Å²) in [6.07, 6.45) is 2.63. The van der Waals surface area contributed by atoms with E-state index in [2.05, 4.69) is 21.9 Å². The molecule has 2 fully saturated rings. The average Bonchev–Trinajstić information content (AvgIpc) is 3.60. The van der Waals surface area contributed by atoms with Crippen LogP contribution in [0.4, 0.5) is 11.5 Å². The number of fused-ring (bicyclic) bond motifs is 2. The van der Waals surface area contributed by atoms with Gasteiger partial charge in [-0.05, 0) is 61.1 Å². The Balaban J connectivity index is 1.32. The summed E-state index contributed by atoms with van der Waals surface area (Å²) in [6.45, 7) is 4.25. The molecule has 2 unspecified atom stereocenters. The van der Waals surface area contributed by atoms with Gasteiger partial charge in [-0.3, -0.25) is 13.9 Å². The molecule has 2 aromatic carbocycles. The van der Waals surface area contributed by atoms with Gasteiger partial charge in [0, 0.05) is 35.8 Å².